The van der Waals surface area contributed by atoms with E-state index >= 15 is 0 Å². The molecule has 4 aliphatic rings. The van der Waals surface area contributed by atoms with Crippen molar-refractivity contribution in [3.8, 4) is 6.07 Å². The topological polar surface area (TPSA) is 54.5 Å². The molecule has 0 aliphatic heterocycles. The number of nitrogens with zero attached hydrogens (tertiary/aromatic N) is 4. The fraction of sp³-hybridized carbons (Fsp3) is 0.667. The van der Waals surface area contributed by atoms with E-state index in [0.717, 1.165) is 23.5 Å². The second-order valence-corrected chi connectivity index (χ2v) is 6.70. The molecule has 1 heterocycles. The van der Waals surface area contributed by atoms with Gasteiger partial charge < -0.3 is 0 Å². The molecule has 0 radical (unpaired) electrons. The van der Waals surface area contributed by atoms with E-state index in [1.165, 1.54) is 38.5 Å². The summed E-state index contributed by atoms with van der Waals surface area (Å²) in [5.41, 5.74) is 1.28. The molecule has 0 unspecified atom stereocenters. The Balaban J connectivity index is 1.78. The first-order chi connectivity index (χ1) is 9.29. The van der Waals surface area contributed by atoms with E-state index < -0.39 is 0 Å². The molecule has 0 atom stereocenters. The van der Waals surface area contributed by atoms with Crippen molar-refractivity contribution in [1.29, 1.82) is 5.26 Å². The Bertz CT molecular complexity index is 514. The lowest BCUT2D eigenvalue weighted by molar-refractivity contribution is -0.0209. The Labute approximate surface area is 113 Å². The van der Waals surface area contributed by atoms with Crippen LogP contribution in [0.4, 0.5) is 0 Å². The fourth-order valence-electron chi connectivity index (χ4n) is 5.28. The fourth-order valence-corrected chi connectivity index (χ4v) is 5.28. The zero-order valence-corrected chi connectivity index (χ0v) is 11.0. The van der Waals surface area contributed by atoms with Gasteiger partial charge in [0.25, 0.3) is 0 Å². The quantitative estimate of drug-likeness (QED) is 0.762. The van der Waals surface area contributed by atoms with Gasteiger partial charge in [0.1, 0.15) is 12.7 Å². The third-order valence-electron chi connectivity index (χ3n) is 5.45. The average molecular weight is 254 g/mol. The first-order valence-corrected chi connectivity index (χ1v) is 7.24. The molecule has 19 heavy (non-hydrogen) atoms. The third-order valence-corrected chi connectivity index (χ3v) is 5.45. The van der Waals surface area contributed by atoms with Gasteiger partial charge in [0, 0.05) is 11.5 Å². The Hall–Kier alpha value is -1.63. The monoisotopic (exact) mass is 254 g/mol. The third kappa shape index (κ3) is 1.64. The average Bonchev–Trinajstić information content (AvgIpc) is 2.87. The van der Waals surface area contributed by atoms with Crippen LogP contribution in [0.15, 0.2) is 18.7 Å². The summed E-state index contributed by atoms with van der Waals surface area (Å²) in [5, 5.41) is 13.4. The van der Waals surface area contributed by atoms with Crippen LogP contribution in [0.2, 0.25) is 0 Å². The van der Waals surface area contributed by atoms with Crippen LogP contribution in [0.1, 0.15) is 38.5 Å². The Morgan fingerprint density at radius 3 is 2.32 bits per heavy atom. The number of aromatic nitrogens is 3. The molecule has 4 fully saturated rings. The van der Waals surface area contributed by atoms with Crippen molar-refractivity contribution in [2.75, 3.05) is 0 Å². The van der Waals surface area contributed by atoms with Gasteiger partial charge in [-0.2, -0.15) is 10.4 Å². The van der Waals surface area contributed by atoms with Crippen LogP contribution in [0, 0.1) is 34.5 Å². The predicted molar refractivity (Wildman–Crippen MR) is 70.5 cm³/mol. The standard InChI is InChI=1S/C15H18N4/c16-2-1-14(19-10-17-9-18-19)15-6-11-3-12(7-15)5-13(4-11)8-15/h1,9-13H,3-8H2/b14-1-. The Kier molecular flexibility index (Phi) is 2.32. The second-order valence-electron chi connectivity index (χ2n) is 6.70. The van der Waals surface area contributed by atoms with Crippen molar-refractivity contribution in [1.82, 2.24) is 14.8 Å². The van der Waals surface area contributed by atoms with Crippen LogP contribution >= 0.6 is 0 Å². The minimum Gasteiger partial charge on any atom is -0.224 e. The molecule has 1 aromatic rings. The van der Waals surface area contributed by atoms with Gasteiger partial charge in [-0.1, -0.05) is 0 Å². The normalized spacial score (nSPS) is 40.4. The molecule has 4 bridgehead atoms. The van der Waals surface area contributed by atoms with Gasteiger partial charge in [0.05, 0.1) is 11.8 Å². The molecule has 0 N–H and O–H groups in total. The van der Waals surface area contributed by atoms with Crippen LogP contribution in [-0.4, -0.2) is 14.8 Å². The molecular formula is C15H18N4. The minimum absolute atomic E-state index is 0.193. The minimum atomic E-state index is 0.193. The summed E-state index contributed by atoms with van der Waals surface area (Å²) in [6, 6.07) is 2.23. The molecular weight excluding hydrogens is 236 g/mol. The second kappa shape index (κ2) is 3.93. The summed E-state index contributed by atoms with van der Waals surface area (Å²) in [4.78, 5) is 4.05. The van der Waals surface area contributed by atoms with Crippen LogP contribution in [0.3, 0.4) is 0 Å². The van der Waals surface area contributed by atoms with Gasteiger partial charge in [-0.25, -0.2) is 9.67 Å². The number of hydrogen-bond donors (Lipinski definition) is 0. The van der Waals surface area contributed by atoms with Crippen LogP contribution < -0.4 is 0 Å². The molecule has 4 saturated carbocycles. The maximum atomic E-state index is 9.15. The SMILES string of the molecule is N#C/C=C(\n1cncn1)C12CC3CC(CC(C3)C1)C2. The number of hydrogen-bond acceptors (Lipinski definition) is 3. The van der Waals surface area contributed by atoms with E-state index in [2.05, 4.69) is 16.2 Å². The van der Waals surface area contributed by atoms with Gasteiger partial charge in [-0.05, 0) is 56.3 Å². The summed E-state index contributed by atoms with van der Waals surface area (Å²) in [6.07, 6.45) is 13.0. The van der Waals surface area contributed by atoms with Gasteiger partial charge in [0.15, 0.2) is 0 Å². The highest BCUT2D eigenvalue weighted by Gasteiger charge is 2.53. The molecule has 4 aliphatic carbocycles. The number of rotatable bonds is 2. The molecule has 4 heteroatoms. The number of allylic oxidation sites excluding steroid dienone is 2. The zero-order valence-electron chi connectivity index (χ0n) is 11.0. The van der Waals surface area contributed by atoms with Crippen LogP contribution in [0.5, 0.6) is 0 Å². The van der Waals surface area contributed by atoms with Crippen molar-refractivity contribution in [3.63, 3.8) is 0 Å². The van der Waals surface area contributed by atoms with Crippen molar-refractivity contribution in [2.24, 2.45) is 23.2 Å². The predicted octanol–water partition coefficient (Wildman–Crippen LogP) is 2.86. The lowest BCUT2D eigenvalue weighted by Crippen LogP contribution is -2.47. The van der Waals surface area contributed by atoms with E-state index in [-0.39, 0.29) is 5.41 Å². The van der Waals surface area contributed by atoms with E-state index in [0.29, 0.717) is 0 Å². The van der Waals surface area contributed by atoms with E-state index in [4.69, 9.17) is 5.26 Å². The van der Waals surface area contributed by atoms with Crippen molar-refractivity contribution in [3.05, 3.63) is 18.7 Å². The highest BCUT2D eigenvalue weighted by Crippen LogP contribution is 2.63. The molecule has 98 valence electrons. The van der Waals surface area contributed by atoms with Crippen LogP contribution in [-0.2, 0) is 0 Å². The van der Waals surface area contributed by atoms with Crippen molar-refractivity contribution in [2.45, 2.75) is 38.5 Å². The molecule has 0 saturated heterocycles. The van der Waals surface area contributed by atoms with Crippen molar-refractivity contribution >= 4 is 5.70 Å². The molecule has 0 amide bonds. The molecule has 4 nitrogen and oxygen atoms in total. The Morgan fingerprint density at radius 1 is 1.21 bits per heavy atom. The molecule has 1 aromatic heterocycles. The maximum absolute atomic E-state index is 9.15. The number of nitriles is 1. The molecule has 0 spiro atoms. The maximum Gasteiger partial charge on any atom is 0.138 e. The summed E-state index contributed by atoms with van der Waals surface area (Å²) >= 11 is 0. The summed E-state index contributed by atoms with van der Waals surface area (Å²) in [7, 11) is 0. The van der Waals surface area contributed by atoms with Gasteiger partial charge in [0.2, 0.25) is 0 Å². The van der Waals surface area contributed by atoms with Gasteiger partial charge >= 0.3 is 0 Å². The first-order valence-electron chi connectivity index (χ1n) is 7.24. The van der Waals surface area contributed by atoms with E-state index in [1.807, 2.05) is 4.68 Å². The van der Waals surface area contributed by atoms with Crippen molar-refractivity contribution < 1.29 is 0 Å². The zero-order chi connectivity index (χ0) is 12.9. The van der Waals surface area contributed by atoms with Gasteiger partial charge in [-0.3, -0.25) is 0 Å². The summed E-state index contributed by atoms with van der Waals surface area (Å²) in [6.45, 7) is 0. The lowest BCUT2D eigenvalue weighted by Gasteiger charge is -2.57. The first kappa shape index (κ1) is 11.2. The smallest absolute Gasteiger partial charge is 0.138 e. The Morgan fingerprint density at radius 2 is 1.84 bits per heavy atom. The highest BCUT2D eigenvalue weighted by atomic mass is 15.3. The van der Waals surface area contributed by atoms with E-state index in [1.54, 1.807) is 18.7 Å². The summed E-state index contributed by atoms with van der Waals surface area (Å²) < 4.78 is 1.83. The highest BCUT2D eigenvalue weighted by molar-refractivity contribution is 5.55. The van der Waals surface area contributed by atoms with Crippen LogP contribution in [0.25, 0.3) is 5.70 Å². The van der Waals surface area contributed by atoms with Gasteiger partial charge in [-0.15, -0.1) is 0 Å². The van der Waals surface area contributed by atoms with E-state index in [9.17, 15) is 0 Å². The molecule has 0 aromatic carbocycles. The summed E-state index contributed by atoms with van der Waals surface area (Å²) in [5.74, 6) is 2.62. The largest absolute Gasteiger partial charge is 0.224 e. The molecule has 5 rings (SSSR count). The lowest BCUT2D eigenvalue weighted by atomic mass is 9.48.